The molecule has 0 radical (unpaired) electrons. The Kier molecular flexibility index (Phi) is 9.42. The molecule has 2 unspecified atom stereocenters. The lowest BCUT2D eigenvalue weighted by Crippen LogP contribution is -2.32. The van der Waals surface area contributed by atoms with Crippen molar-refractivity contribution in [2.24, 2.45) is 0 Å². The number of carbonyl (C=O) groups excluding carboxylic acids is 2. The summed E-state index contributed by atoms with van der Waals surface area (Å²) in [5.74, 6) is -0.351. The van der Waals surface area contributed by atoms with E-state index in [1.807, 2.05) is 0 Å². The minimum atomic E-state index is -0.510. The summed E-state index contributed by atoms with van der Waals surface area (Å²) >= 11 is 0. The smallest absolute Gasteiger partial charge is 0.407 e. The van der Waals surface area contributed by atoms with Crippen LogP contribution < -0.4 is 10.6 Å². The first-order valence-corrected chi connectivity index (χ1v) is 13.5. The van der Waals surface area contributed by atoms with E-state index in [2.05, 4.69) is 107 Å². The minimum absolute atomic E-state index is 0.0729. The second-order valence-corrected chi connectivity index (χ2v) is 12.3. The van der Waals surface area contributed by atoms with Crippen molar-refractivity contribution in [3.05, 3.63) is 82.9 Å². The first-order chi connectivity index (χ1) is 17.8. The first kappa shape index (κ1) is 29.4. The Hall–Kier alpha value is -3.12. The zero-order valence-electron chi connectivity index (χ0n) is 24.0. The number of amides is 1. The van der Waals surface area contributed by atoms with Crippen LogP contribution in [0.15, 0.2) is 60.7 Å². The molecule has 38 heavy (non-hydrogen) atoms. The third kappa shape index (κ3) is 7.94. The molecule has 206 valence electrons. The summed E-state index contributed by atoms with van der Waals surface area (Å²) < 4.78 is 10.7. The molecule has 3 rings (SSSR count). The highest BCUT2D eigenvalue weighted by Crippen LogP contribution is 2.35. The van der Waals surface area contributed by atoms with E-state index in [-0.39, 0.29) is 42.0 Å². The van der Waals surface area contributed by atoms with Gasteiger partial charge in [-0.3, -0.25) is 0 Å². The van der Waals surface area contributed by atoms with E-state index in [0.717, 1.165) is 0 Å². The standard InChI is InChI=1S/C32H44N2O4/c1-21(2)29(35)37-18-17-33-30(36)38-26-19-27(34-20-26)28(22-9-13-24(14-10-22)31(3,4)5)23-11-15-25(16-12-23)32(6,7)8/h9-16,26-28,34H,1,17-20H2,2-8H3,(H,33,36). The second kappa shape index (κ2) is 12.2. The monoisotopic (exact) mass is 520 g/mol. The van der Waals surface area contributed by atoms with Crippen LogP contribution in [0.4, 0.5) is 4.79 Å². The number of benzene rings is 2. The largest absolute Gasteiger partial charge is 0.460 e. The highest BCUT2D eigenvalue weighted by Gasteiger charge is 2.34. The SMILES string of the molecule is C=C(C)C(=O)OCCNC(=O)OC1CNC(C(c2ccc(C(C)(C)C)cc2)c2ccc(C(C)(C)C)cc2)C1. The lowest BCUT2D eigenvalue weighted by molar-refractivity contribution is -0.138. The quantitative estimate of drug-likeness (QED) is 0.254. The summed E-state index contributed by atoms with van der Waals surface area (Å²) in [6.45, 7) is 19.3. The van der Waals surface area contributed by atoms with Crippen molar-refractivity contribution in [2.75, 3.05) is 19.7 Å². The normalized spacial score (nSPS) is 17.8. The Balaban J connectivity index is 1.71. The van der Waals surface area contributed by atoms with Crippen molar-refractivity contribution in [3.8, 4) is 0 Å². The zero-order chi connectivity index (χ0) is 28.1. The van der Waals surface area contributed by atoms with Crippen LogP contribution in [-0.2, 0) is 25.1 Å². The third-order valence-electron chi connectivity index (χ3n) is 7.03. The molecule has 0 aliphatic carbocycles. The fourth-order valence-corrected chi connectivity index (χ4v) is 4.73. The average Bonchev–Trinajstić information content (AvgIpc) is 3.29. The third-order valence-corrected chi connectivity index (χ3v) is 7.03. The molecule has 2 aromatic carbocycles. The van der Waals surface area contributed by atoms with Crippen LogP contribution in [0.2, 0.25) is 0 Å². The van der Waals surface area contributed by atoms with Crippen molar-refractivity contribution in [1.29, 1.82) is 0 Å². The minimum Gasteiger partial charge on any atom is -0.460 e. The molecule has 1 aliphatic rings. The van der Waals surface area contributed by atoms with Gasteiger partial charge in [0, 0.05) is 30.5 Å². The number of hydrogen-bond donors (Lipinski definition) is 2. The van der Waals surface area contributed by atoms with Gasteiger partial charge in [-0.05, 0) is 40.0 Å². The summed E-state index contributed by atoms with van der Waals surface area (Å²) in [7, 11) is 0. The van der Waals surface area contributed by atoms with Crippen molar-refractivity contribution in [2.45, 2.75) is 83.8 Å². The Morgan fingerprint density at radius 2 is 1.45 bits per heavy atom. The number of esters is 1. The molecule has 0 aromatic heterocycles. The highest BCUT2D eigenvalue weighted by molar-refractivity contribution is 5.86. The average molecular weight is 521 g/mol. The molecule has 2 aromatic rings. The van der Waals surface area contributed by atoms with Gasteiger partial charge in [0.15, 0.2) is 0 Å². The molecular formula is C32H44N2O4. The predicted molar refractivity (Wildman–Crippen MR) is 153 cm³/mol. The summed E-state index contributed by atoms with van der Waals surface area (Å²) in [5.41, 5.74) is 5.58. The molecule has 2 atom stereocenters. The number of alkyl carbamates (subject to hydrolysis) is 1. The van der Waals surface area contributed by atoms with E-state index in [0.29, 0.717) is 18.5 Å². The van der Waals surface area contributed by atoms with E-state index in [4.69, 9.17) is 9.47 Å². The van der Waals surface area contributed by atoms with Gasteiger partial charge in [-0.15, -0.1) is 0 Å². The van der Waals surface area contributed by atoms with Crippen molar-refractivity contribution in [3.63, 3.8) is 0 Å². The van der Waals surface area contributed by atoms with Gasteiger partial charge in [-0.25, -0.2) is 9.59 Å². The van der Waals surface area contributed by atoms with Gasteiger partial charge in [-0.1, -0.05) is 96.7 Å². The Labute approximate surface area is 228 Å². The predicted octanol–water partition coefficient (Wildman–Crippen LogP) is 5.99. The van der Waals surface area contributed by atoms with E-state index < -0.39 is 12.1 Å². The van der Waals surface area contributed by atoms with Crippen LogP contribution >= 0.6 is 0 Å². The molecule has 1 fully saturated rings. The molecule has 2 N–H and O–H groups in total. The molecular weight excluding hydrogens is 476 g/mol. The molecule has 6 heteroatoms. The van der Waals surface area contributed by atoms with Crippen LogP contribution in [0.3, 0.4) is 0 Å². The maximum Gasteiger partial charge on any atom is 0.407 e. The molecule has 0 saturated carbocycles. The fraction of sp³-hybridized carbons (Fsp3) is 0.500. The summed E-state index contributed by atoms with van der Waals surface area (Å²) in [4.78, 5) is 23.8. The number of hydrogen-bond acceptors (Lipinski definition) is 5. The molecule has 0 bridgehead atoms. The maximum atomic E-state index is 12.3. The van der Waals surface area contributed by atoms with Gasteiger partial charge in [-0.2, -0.15) is 0 Å². The summed E-state index contributed by atoms with van der Waals surface area (Å²) in [6, 6.07) is 18.0. The lowest BCUT2D eigenvalue weighted by Gasteiger charge is -2.27. The highest BCUT2D eigenvalue weighted by atomic mass is 16.6. The molecule has 1 amide bonds. The Bertz CT molecular complexity index is 1050. The van der Waals surface area contributed by atoms with Crippen molar-refractivity contribution >= 4 is 12.1 Å². The molecule has 0 spiro atoms. The topological polar surface area (TPSA) is 76.7 Å². The van der Waals surface area contributed by atoms with E-state index in [1.54, 1.807) is 6.92 Å². The van der Waals surface area contributed by atoms with Crippen LogP contribution in [0.1, 0.15) is 83.1 Å². The number of ether oxygens (including phenoxy) is 2. The van der Waals surface area contributed by atoms with Gasteiger partial charge in [0.25, 0.3) is 0 Å². The van der Waals surface area contributed by atoms with Gasteiger partial charge in [0.1, 0.15) is 12.7 Å². The van der Waals surface area contributed by atoms with Crippen molar-refractivity contribution in [1.82, 2.24) is 10.6 Å². The van der Waals surface area contributed by atoms with E-state index >= 15 is 0 Å². The van der Waals surface area contributed by atoms with Crippen molar-refractivity contribution < 1.29 is 19.1 Å². The van der Waals surface area contributed by atoms with Crippen LogP contribution in [0.5, 0.6) is 0 Å². The molecule has 1 aliphatic heterocycles. The maximum absolute atomic E-state index is 12.3. The number of rotatable bonds is 8. The van der Waals surface area contributed by atoms with Crippen LogP contribution in [0.25, 0.3) is 0 Å². The van der Waals surface area contributed by atoms with E-state index in [1.165, 1.54) is 22.3 Å². The summed E-state index contributed by atoms with van der Waals surface area (Å²) in [6.07, 6.45) is -0.0577. The Morgan fingerprint density at radius 1 is 0.947 bits per heavy atom. The molecule has 1 saturated heterocycles. The molecule has 6 nitrogen and oxygen atoms in total. The second-order valence-electron chi connectivity index (χ2n) is 12.3. The van der Waals surface area contributed by atoms with E-state index in [9.17, 15) is 9.59 Å². The van der Waals surface area contributed by atoms with Gasteiger partial charge in [0.05, 0.1) is 6.54 Å². The van der Waals surface area contributed by atoms with Gasteiger partial charge >= 0.3 is 12.1 Å². The zero-order valence-corrected chi connectivity index (χ0v) is 24.0. The van der Waals surface area contributed by atoms with Gasteiger partial charge < -0.3 is 20.1 Å². The number of nitrogens with one attached hydrogen (secondary N) is 2. The van der Waals surface area contributed by atoms with Crippen LogP contribution in [0, 0.1) is 0 Å². The lowest BCUT2D eigenvalue weighted by atomic mass is 9.80. The van der Waals surface area contributed by atoms with Gasteiger partial charge in [0.2, 0.25) is 0 Å². The Morgan fingerprint density at radius 3 is 1.89 bits per heavy atom. The number of carbonyl (C=O) groups is 2. The molecule has 1 heterocycles. The fourth-order valence-electron chi connectivity index (χ4n) is 4.73. The first-order valence-electron chi connectivity index (χ1n) is 13.5. The summed E-state index contributed by atoms with van der Waals surface area (Å²) in [5, 5.41) is 6.27. The van der Waals surface area contributed by atoms with Crippen LogP contribution in [-0.4, -0.2) is 43.9 Å².